The smallest absolute Gasteiger partial charge is 0.230 e. The Hall–Kier alpha value is -3.68. The molecule has 0 spiro atoms. The molecule has 2 aliphatic rings. The van der Waals surface area contributed by atoms with Crippen molar-refractivity contribution in [1.82, 2.24) is 29.3 Å². The van der Waals surface area contributed by atoms with Crippen molar-refractivity contribution in [2.45, 2.75) is 6.54 Å². The van der Waals surface area contributed by atoms with Gasteiger partial charge in [-0.05, 0) is 37.4 Å². The lowest BCUT2D eigenvalue weighted by molar-refractivity contribution is 0.278. The summed E-state index contributed by atoms with van der Waals surface area (Å²) in [6.07, 6.45) is 5.16. The number of anilines is 3. The first-order valence-corrected chi connectivity index (χ1v) is 15.0. The molecular weight excluding hydrogens is 538 g/mol. The highest BCUT2D eigenvalue weighted by Gasteiger charge is 2.24. The zero-order chi connectivity index (χ0) is 27.9. The molecule has 3 aromatic heterocycles. The van der Waals surface area contributed by atoms with Crippen LogP contribution in [0.4, 0.5) is 26.2 Å². The summed E-state index contributed by atoms with van der Waals surface area (Å²) in [5, 5.41) is 3.83. The monoisotopic (exact) mass is 568 g/mol. The van der Waals surface area contributed by atoms with E-state index in [-0.39, 0.29) is 42.4 Å². The molecule has 0 bridgehead atoms. The molecule has 13 heteroatoms. The van der Waals surface area contributed by atoms with Crippen LogP contribution >= 0.6 is 0 Å². The number of hydrogen-bond acceptors (Lipinski definition) is 9. The predicted octanol–water partition coefficient (Wildman–Crippen LogP) is 2.82. The van der Waals surface area contributed by atoms with E-state index >= 15 is 8.78 Å². The number of aromatic nitrogens is 4. The van der Waals surface area contributed by atoms with Gasteiger partial charge < -0.3 is 19.7 Å². The van der Waals surface area contributed by atoms with Crippen LogP contribution in [0.15, 0.2) is 48.9 Å². The zero-order valence-corrected chi connectivity index (χ0v) is 22.9. The van der Waals surface area contributed by atoms with Crippen molar-refractivity contribution in [3.63, 3.8) is 0 Å². The number of nitrogens with one attached hydrogen (secondary N) is 1. The number of pyridine rings is 1. The van der Waals surface area contributed by atoms with E-state index in [1.165, 1.54) is 12.1 Å². The molecule has 6 rings (SSSR count). The van der Waals surface area contributed by atoms with Crippen molar-refractivity contribution in [3.05, 3.63) is 66.1 Å². The molecule has 1 N–H and O–H groups in total. The molecule has 0 atom stereocenters. The van der Waals surface area contributed by atoms with Gasteiger partial charge in [0.1, 0.15) is 23.1 Å². The molecule has 1 aromatic carbocycles. The fourth-order valence-electron chi connectivity index (χ4n) is 5.02. The van der Waals surface area contributed by atoms with Crippen molar-refractivity contribution < 1.29 is 17.2 Å². The topological polar surface area (TPSA) is 99.5 Å². The highest BCUT2D eigenvalue weighted by Crippen LogP contribution is 2.25. The maximum Gasteiger partial charge on any atom is 0.230 e. The molecule has 5 heterocycles. The third-order valence-corrected chi connectivity index (χ3v) is 9.12. The van der Waals surface area contributed by atoms with Gasteiger partial charge in [0.05, 0.1) is 29.1 Å². The van der Waals surface area contributed by atoms with Gasteiger partial charge in [0.2, 0.25) is 5.95 Å². The molecule has 0 radical (unpaired) electrons. The molecule has 40 heavy (non-hydrogen) atoms. The van der Waals surface area contributed by atoms with Crippen LogP contribution in [0, 0.1) is 11.6 Å². The quantitative estimate of drug-likeness (QED) is 0.377. The van der Waals surface area contributed by atoms with Crippen molar-refractivity contribution in [3.8, 4) is 5.69 Å². The predicted molar refractivity (Wildman–Crippen MR) is 150 cm³/mol. The maximum atomic E-state index is 15.1. The Balaban J connectivity index is 1.20. The largest absolute Gasteiger partial charge is 0.368 e. The SMILES string of the molecule is CN1CCN(c2ccc(Nc3ncc4ccn(-c5cc(F)c(CN6CCS(=O)(=O)CC6)c(F)c5)c4n3)nc2)CC1. The highest BCUT2D eigenvalue weighted by atomic mass is 32.2. The van der Waals surface area contributed by atoms with E-state index < -0.39 is 21.5 Å². The number of benzene rings is 1. The summed E-state index contributed by atoms with van der Waals surface area (Å²) in [6.45, 7) is 4.44. The number of rotatable bonds is 6. The minimum Gasteiger partial charge on any atom is -0.368 e. The van der Waals surface area contributed by atoms with Crippen LogP contribution in [-0.2, 0) is 16.4 Å². The van der Waals surface area contributed by atoms with Crippen molar-refractivity contribution >= 4 is 38.3 Å². The maximum absolute atomic E-state index is 15.1. The van der Waals surface area contributed by atoms with Crippen molar-refractivity contribution in [1.29, 1.82) is 0 Å². The van der Waals surface area contributed by atoms with Crippen LogP contribution in [0.2, 0.25) is 0 Å². The number of nitrogens with zero attached hydrogens (tertiary/aromatic N) is 7. The van der Waals surface area contributed by atoms with E-state index in [9.17, 15) is 8.42 Å². The minimum atomic E-state index is -3.07. The average Bonchev–Trinajstić information content (AvgIpc) is 3.36. The van der Waals surface area contributed by atoms with Gasteiger partial charge >= 0.3 is 0 Å². The summed E-state index contributed by atoms with van der Waals surface area (Å²) in [5.74, 6) is -0.498. The van der Waals surface area contributed by atoms with Gasteiger partial charge in [-0.3, -0.25) is 4.90 Å². The number of piperazine rings is 1. The third kappa shape index (κ3) is 5.62. The van der Waals surface area contributed by atoms with Crippen molar-refractivity contribution in [2.24, 2.45) is 0 Å². The van der Waals surface area contributed by atoms with Crippen molar-refractivity contribution in [2.75, 3.05) is 68.0 Å². The fourth-order valence-corrected chi connectivity index (χ4v) is 6.30. The summed E-state index contributed by atoms with van der Waals surface area (Å²) in [6, 6.07) is 8.21. The molecule has 10 nitrogen and oxygen atoms in total. The Labute approximate surface area is 231 Å². The van der Waals surface area contributed by atoms with E-state index in [1.807, 2.05) is 18.3 Å². The Morgan fingerprint density at radius 2 is 1.62 bits per heavy atom. The lowest BCUT2D eigenvalue weighted by atomic mass is 10.1. The summed E-state index contributed by atoms with van der Waals surface area (Å²) >= 11 is 0. The number of hydrogen-bond donors (Lipinski definition) is 1. The normalized spacial score (nSPS) is 18.3. The summed E-state index contributed by atoms with van der Waals surface area (Å²) in [7, 11) is -0.957. The molecule has 0 unspecified atom stereocenters. The molecule has 210 valence electrons. The van der Waals surface area contributed by atoms with Crippen LogP contribution in [0.3, 0.4) is 0 Å². The number of halogens is 2. The van der Waals surface area contributed by atoms with Gasteiger partial charge in [0.15, 0.2) is 9.84 Å². The Morgan fingerprint density at radius 1 is 0.900 bits per heavy atom. The molecular formula is C27H30F2N8O2S. The number of fused-ring (bicyclic) bond motifs is 1. The molecule has 2 saturated heterocycles. The summed E-state index contributed by atoms with van der Waals surface area (Å²) in [4.78, 5) is 19.8. The fraction of sp³-hybridized carbons (Fsp3) is 0.370. The molecule has 0 saturated carbocycles. The summed E-state index contributed by atoms with van der Waals surface area (Å²) in [5.41, 5.74) is 1.75. The Kier molecular flexibility index (Phi) is 7.11. The van der Waals surface area contributed by atoms with Crippen LogP contribution in [0.25, 0.3) is 16.7 Å². The van der Waals surface area contributed by atoms with Gasteiger partial charge in [-0.25, -0.2) is 27.2 Å². The first-order chi connectivity index (χ1) is 19.2. The first kappa shape index (κ1) is 26.5. The second kappa shape index (κ2) is 10.7. The Bertz CT molecular complexity index is 1600. The van der Waals surface area contributed by atoms with Crippen LogP contribution < -0.4 is 10.2 Å². The molecule has 4 aromatic rings. The van der Waals surface area contributed by atoms with E-state index in [1.54, 1.807) is 27.9 Å². The second-order valence-electron chi connectivity index (χ2n) is 10.3. The molecule has 0 amide bonds. The van der Waals surface area contributed by atoms with Gasteiger partial charge in [0, 0.05) is 69.2 Å². The highest BCUT2D eigenvalue weighted by molar-refractivity contribution is 7.91. The molecule has 2 fully saturated rings. The van der Waals surface area contributed by atoms with Gasteiger partial charge in [0.25, 0.3) is 0 Å². The lowest BCUT2D eigenvalue weighted by Crippen LogP contribution is -2.44. The van der Waals surface area contributed by atoms with E-state index in [2.05, 4.69) is 37.1 Å². The summed E-state index contributed by atoms with van der Waals surface area (Å²) < 4.78 is 55.2. The minimum absolute atomic E-state index is 0.00429. The van der Waals surface area contributed by atoms with Crippen LogP contribution in [0.1, 0.15) is 5.56 Å². The number of sulfone groups is 1. The molecule has 0 aliphatic carbocycles. The Morgan fingerprint density at radius 3 is 2.30 bits per heavy atom. The van der Waals surface area contributed by atoms with Gasteiger partial charge in [-0.15, -0.1) is 0 Å². The number of likely N-dealkylation sites (N-methyl/N-ethyl adjacent to an activating group) is 1. The lowest BCUT2D eigenvalue weighted by Gasteiger charge is -2.33. The van der Waals surface area contributed by atoms with E-state index in [0.29, 0.717) is 22.8 Å². The van der Waals surface area contributed by atoms with Crippen LogP contribution in [-0.4, -0.2) is 95.6 Å². The zero-order valence-electron chi connectivity index (χ0n) is 22.1. The first-order valence-electron chi connectivity index (χ1n) is 13.2. The van der Waals surface area contributed by atoms with Gasteiger partial charge in [-0.1, -0.05) is 0 Å². The third-order valence-electron chi connectivity index (χ3n) is 7.51. The van der Waals surface area contributed by atoms with E-state index in [0.717, 1.165) is 31.9 Å². The average molecular weight is 569 g/mol. The van der Waals surface area contributed by atoms with Crippen LogP contribution in [0.5, 0.6) is 0 Å². The molecule has 2 aliphatic heterocycles. The second-order valence-corrected chi connectivity index (χ2v) is 12.6. The van der Waals surface area contributed by atoms with Gasteiger partial charge in [-0.2, -0.15) is 4.98 Å². The van der Waals surface area contributed by atoms with E-state index in [4.69, 9.17) is 0 Å². The standard InChI is InChI=1S/C27H30F2N8O2S/c1-34-6-8-36(9-7-34)20-2-3-25(30-17-20)32-27-31-16-19-4-5-37(26(19)33-27)21-14-23(28)22(24(29)15-21)18-35-10-12-40(38,39)13-11-35/h2-5,14-17H,6-13,18H2,1H3,(H,30,31,32,33).